The maximum Gasteiger partial charge on any atom is 0.328 e. The first-order valence-electron chi connectivity index (χ1n) is 7.33. The third kappa shape index (κ3) is 6.05. The zero-order valence-corrected chi connectivity index (χ0v) is 15.4. The lowest BCUT2D eigenvalue weighted by Crippen LogP contribution is -2.50. The first-order valence-corrected chi connectivity index (χ1v) is 9.10. The predicted molar refractivity (Wildman–Crippen MR) is 95.3 cm³/mol. The fraction of sp³-hybridized carbons (Fsp3) is 0.438. The van der Waals surface area contributed by atoms with Crippen molar-refractivity contribution in [3.8, 4) is 0 Å². The van der Waals surface area contributed by atoms with Gasteiger partial charge in [0.05, 0.1) is 17.7 Å². The van der Waals surface area contributed by atoms with Gasteiger partial charge in [-0.1, -0.05) is 23.7 Å². The molecule has 2 amide bonds. The number of thioether (sulfide) groups is 1. The molecule has 0 spiro atoms. The highest BCUT2D eigenvalue weighted by Gasteiger charge is 2.25. The summed E-state index contributed by atoms with van der Waals surface area (Å²) in [6, 6.07) is 4.99. The molecule has 1 aromatic rings. The summed E-state index contributed by atoms with van der Waals surface area (Å²) in [6.07, 6.45) is 2.35. The molecule has 1 rings (SSSR count). The molecule has 0 unspecified atom stereocenters. The van der Waals surface area contributed by atoms with Gasteiger partial charge in [-0.2, -0.15) is 11.8 Å². The van der Waals surface area contributed by atoms with Crippen LogP contribution in [-0.4, -0.2) is 49.0 Å². The quantitative estimate of drug-likeness (QED) is 0.680. The van der Waals surface area contributed by atoms with Crippen LogP contribution in [-0.2, 0) is 14.3 Å². The highest BCUT2D eigenvalue weighted by Crippen LogP contribution is 2.14. The van der Waals surface area contributed by atoms with Gasteiger partial charge in [-0.25, -0.2) is 4.79 Å². The van der Waals surface area contributed by atoms with Crippen molar-refractivity contribution < 1.29 is 19.1 Å². The summed E-state index contributed by atoms with van der Waals surface area (Å²) >= 11 is 7.52. The van der Waals surface area contributed by atoms with E-state index in [-0.39, 0.29) is 5.56 Å². The number of ether oxygens (including phenoxy) is 1. The average molecular weight is 373 g/mol. The zero-order valence-electron chi connectivity index (χ0n) is 13.8. The lowest BCUT2D eigenvalue weighted by Gasteiger charge is -2.20. The van der Waals surface area contributed by atoms with Gasteiger partial charge in [-0.3, -0.25) is 9.59 Å². The standard InChI is InChI=1S/C16H21ClN2O4S/c1-10(18-15(21)11-6-4-5-7-12(11)17)14(20)19-13(8-9-24-3)16(22)23-2/h4-7,10,13H,8-9H2,1-3H3,(H,18,21)(H,19,20)/t10-,13+/m0/s1. The Bertz CT molecular complexity index is 597. The molecule has 0 aliphatic heterocycles. The third-order valence-corrected chi connectivity index (χ3v) is 4.25. The molecular weight excluding hydrogens is 352 g/mol. The average Bonchev–Trinajstić information content (AvgIpc) is 2.57. The van der Waals surface area contributed by atoms with Crippen molar-refractivity contribution in [1.82, 2.24) is 10.6 Å². The number of amides is 2. The van der Waals surface area contributed by atoms with Crippen molar-refractivity contribution in [2.75, 3.05) is 19.1 Å². The molecule has 0 bridgehead atoms. The van der Waals surface area contributed by atoms with Crippen LogP contribution in [0.5, 0.6) is 0 Å². The van der Waals surface area contributed by atoms with Crippen LogP contribution in [0.15, 0.2) is 24.3 Å². The van der Waals surface area contributed by atoms with Crippen LogP contribution in [0, 0.1) is 0 Å². The minimum Gasteiger partial charge on any atom is -0.467 e. The number of benzene rings is 1. The Morgan fingerprint density at radius 2 is 1.92 bits per heavy atom. The van der Waals surface area contributed by atoms with E-state index in [0.717, 1.165) is 0 Å². The number of methoxy groups -OCH3 is 1. The van der Waals surface area contributed by atoms with Crippen molar-refractivity contribution in [2.24, 2.45) is 0 Å². The van der Waals surface area contributed by atoms with Gasteiger partial charge in [-0.15, -0.1) is 0 Å². The van der Waals surface area contributed by atoms with Crippen molar-refractivity contribution in [3.05, 3.63) is 34.9 Å². The second-order valence-corrected chi connectivity index (χ2v) is 6.43. The molecule has 0 aliphatic rings. The largest absolute Gasteiger partial charge is 0.467 e. The number of hydrogen-bond donors (Lipinski definition) is 2. The van der Waals surface area contributed by atoms with E-state index >= 15 is 0 Å². The van der Waals surface area contributed by atoms with Gasteiger partial charge in [0.1, 0.15) is 12.1 Å². The Kier molecular flexibility index (Phi) is 8.63. The summed E-state index contributed by atoms with van der Waals surface area (Å²) in [4.78, 5) is 36.1. The van der Waals surface area contributed by atoms with Crippen LogP contribution in [0.1, 0.15) is 23.7 Å². The lowest BCUT2D eigenvalue weighted by atomic mass is 10.1. The van der Waals surface area contributed by atoms with Crippen LogP contribution in [0.4, 0.5) is 0 Å². The molecule has 2 atom stereocenters. The molecule has 0 saturated carbocycles. The van der Waals surface area contributed by atoms with Gasteiger partial charge in [0, 0.05) is 0 Å². The maximum atomic E-state index is 12.2. The SMILES string of the molecule is COC(=O)[C@@H](CCSC)NC(=O)[C@H](C)NC(=O)c1ccccc1Cl. The molecule has 6 nitrogen and oxygen atoms in total. The molecule has 0 fully saturated rings. The number of halogens is 1. The topological polar surface area (TPSA) is 84.5 Å². The molecule has 8 heteroatoms. The van der Waals surface area contributed by atoms with E-state index in [4.69, 9.17) is 11.6 Å². The monoisotopic (exact) mass is 372 g/mol. The third-order valence-electron chi connectivity index (χ3n) is 3.27. The Hall–Kier alpha value is -1.73. The van der Waals surface area contributed by atoms with E-state index in [1.807, 2.05) is 6.26 Å². The molecule has 2 N–H and O–H groups in total. The number of rotatable bonds is 8. The number of hydrogen-bond acceptors (Lipinski definition) is 5. The van der Waals surface area contributed by atoms with Crippen LogP contribution >= 0.6 is 23.4 Å². The summed E-state index contributed by atoms with van der Waals surface area (Å²) in [5.41, 5.74) is 0.283. The smallest absolute Gasteiger partial charge is 0.328 e. The molecule has 1 aromatic carbocycles. The van der Waals surface area contributed by atoms with Gasteiger partial charge in [0.2, 0.25) is 5.91 Å². The van der Waals surface area contributed by atoms with E-state index in [2.05, 4.69) is 15.4 Å². The number of carbonyl (C=O) groups is 3. The van der Waals surface area contributed by atoms with Gasteiger partial charge < -0.3 is 15.4 Å². The van der Waals surface area contributed by atoms with E-state index in [1.54, 1.807) is 36.0 Å². The molecule has 0 radical (unpaired) electrons. The van der Waals surface area contributed by atoms with Crippen LogP contribution in [0.2, 0.25) is 5.02 Å². The fourth-order valence-electron chi connectivity index (χ4n) is 1.91. The summed E-state index contributed by atoms with van der Waals surface area (Å²) in [7, 11) is 1.27. The molecule has 132 valence electrons. The highest BCUT2D eigenvalue weighted by atomic mass is 35.5. The summed E-state index contributed by atoms with van der Waals surface area (Å²) in [5, 5.41) is 5.46. The van der Waals surface area contributed by atoms with Gasteiger partial charge in [0.25, 0.3) is 5.91 Å². The lowest BCUT2D eigenvalue weighted by molar-refractivity contribution is -0.145. The number of carbonyl (C=O) groups excluding carboxylic acids is 3. The Morgan fingerprint density at radius 1 is 1.25 bits per heavy atom. The fourth-order valence-corrected chi connectivity index (χ4v) is 2.60. The van der Waals surface area contributed by atoms with Crippen LogP contribution in [0.25, 0.3) is 0 Å². The van der Waals surface area contributed by atoms with Crippen molar-refractivity contribution >= 4 is 41.1 Å². The summed E-state index contributed by atoms with van der Waals surface area (Å²) in [6.45, 7) is 1.53. The molecule has 24 heavy (non-hydrogen) atoms. The Labute approximate surface area is 150 Å². The highest BCUT2D eigenvalue weighted by molar-refractivity contribution is 7.98. The van der Waals surface area contributed by atoms with Crippen molar-refractivity contribution in [3.63, 3.8) is 0 Å². The number of nitrogens with one attached hydrogen (secondary N) is 2. The normalized spacial score (nSPS) is 12.8. The van der Waals surface area contributed by atoms with Gasteiger partial charge in [0.15, 0.2) is 0 Å². The Morgan fingerprint density at radius 3 is 2.50 bits per heavy atom. The van der Waals surface area contributed by atoms with Crippen LogP contribution in [0.3, 0.4) is 0 Å². The summed E-state index contributed by atoms with van der Waals surface area (Å²) < 4.78 is 4.69. The molecule has 0 aliphatic carbocycles. The van der Waals surface area contributed by atoms with E-state index in [1.165, 1.54) is 14.0 Å². The molecule has 0 aromatic heterocycles. The van der Waals surface area contributed by atoms with E-state index in [0.29, 0.717) is 17.2 Å². The number of esters is 1. The molecule has 0 heterocycles. The van der Waals surface area contributed by atoms with Crippen molar-refractivity contribution in [2.45, 2.75) is 25.4 Å². The first-order chi connectivity index (χ1) is 11.4. The van der Waals surface area contributed by atoms with Gasteiger partial charge >= 0.3 is 5.97 Å². The second-order valence-electron chi connectivity index (χ2n) is 5.04. The molecular formula is C16H21ClN2O4S. The minimum absolute atomic E-state index is 0.283. The first kappa shape index (κ1) is 20.3. The zero-order chi connectivity index (χ0) is 18.1. The van der Waals surface area contributed by atoms with E-state index in [9.17, 15) is 14.4 Å². The van der Waals surface area contributed by atoms with Crippen LogP contribution < -0.4 is 10.6 Å². The summed E-state index contributed by atoms with van der Waals surface area (Å²) in [5.74, 6) is -0.739. The predicted octanol–water partition coefficient (Wildman–Crippen LogP) is 1.87. The maximum absolute atomic E-state index is 12.2. The second kappa shape index (κ2) is 10.2. The Balaban J connectivity index is 2.67. The minimum atomic E-state index is -0.824. The van der Waals surface area contributed by atoms with Crippen molar-refractivity contribution in [1.29, 1.82) is 0 Å². The van der Waals surface area contributed by atoms with Gasteiger partial charge in [-0.05, 0) is 37.5 Å². The molecule has 0 saturated heterocycles. The van der Waals surface area contributed by atoms with E-state index < -0.39 is 29.9 Å².